The molecule has 0 unspecified atom stereocenters. The summed E-state index contributed by atoms with van der Waals surface area (Å²) in [6.07, 6.45) is 0. The first kappa shape index (κ1) is 20.9. The fraction of sp³-hybridized carbons (Fsp3) is 0.333. The minimum absolute atomic E-state index is 0.0294. The van der Waals surface area contributed by atoms with Crippen molar-refractivity contribution in [3.8, 4) is 0 Å². The average molecular weight is 428 g/mol. The van der Waals surface area contributed by atoms with Gasteiger partial charge in [0.15, 0.2) is 0 Å². The largest absolute Gasteiger partial charge is 0.460 e. The van der Waals surface area contributed by atoms with Crippen LogP contribution in [0, 0.1) is 11.6 Å². The van der Waals surface area contributed by atoms with Gasteiger partial charge in [0.2, 0.25) is 10.9 Å². The minimum Gasteiger partial charge on any atom is -0.460 e. The molecule has 0 saturated carbocycles. The molecule has 2 heterocycles. The number of ether oxygens (including phenoxy) is 1. The Labute approximate surface area is 165 Å². The Bertz CT molecular complexity index is 1010. The Balaban J connectivity index is 1.68. The van der Waals surface area contributed by atoms with Gasteiger partial charge in [0.05, 0.1) is 6.61 Å². The molecule has 1 aliphatic rings. The van der Waals surface area contributed by atoms with Crippen molar-refractivity contribution in [1.29, 1.82) is 0 Å². The van der Waals surface area contributed by atoms with E-state index in [1.807, 2.05) is 0 Å². The number of carbonyl (C=O) groups is 2. The van der Waals surface area contributed by atoms with E-state index < -0.39 is 38.6 Å². The molecule has 11 heteroatoms. The van der Waals surface area contributed by atoms with E-state index in [-0.39, 0.29) is 44.1 Å². The van der Waals surface area contributed by atoms with Crippen molar-refractivity contribution in [2.75, 3.05) is 32.8 Å². The molecule has 0 spiro atoms. The maximum absolute atomic E-state index is 13.3. The van der Waals surface area contributed by atoms with Crippen LogP contribution in [-0.2, 0) is 14.8 Å². The van der Waals surface area contributed by atoms with Crippen LogP contribution in [0.25, 0.3) is 0 Å². The van der Waals surface area contributed by atoms with Gasteiger partial charge in [0.25, 0.3) is 15.9 Å². The predicted molar refractivity (Wildman–Crippen MR) is 95.7 cm³/mol. The van der Waals surface area contributed by atoms with Gasteiger partial charge in [-0.3, -0.25) is 4.79 Å². The van der Waals surface area contributed by atoms with Gasteiger partial charge < -0.3 is 14.1 Å². The molecular formula is C18H18F2N2O6S. The summed E-state index contributed by atoms with van der Waals surface area (Å²) in [6, 6.07) is 4.88. The first-order valence-electron chi connectivity index (χ1n) is 8.75. The van der Waals surface area contributed by atoms with Crippen molar-refractivity contribution in [1.82, 2.24) is 9.21 Å². The van der Waals surface area contributed by atoms with E-state index in [1.165, 1.54) is 11.0 Å². The molecule has 8 nitrogen and oxygen atoms in total. The van der Waals surface area contributed by atoms with E-state index in [1.54, 1.807) is 6.92 Å². The van der Waals surface area contributed by atoms with Crippen LogP contribution >= 0.6 is 0 Å². The molecule has 1 aromatic carbocycles. The quantitative estimate of drug-likeness (QED) is 0.675. The summed E-state index contributed by atoms with van der Waals surface area (Å²) in [5.41, 5.74) is -0.149. The molecule has 0 radical (unpaired) electrons. The lowest BCUT2D eigenvalue weighted by Gasteiger charge is -2.33. The highest BCUT2D eigenvalue weighted by Gasteiger charge is 2.33. The number of esters is 1. The first-order valence-corrected chi connectivity index (χ1v) is 10.2. The molecule has 1 amide bonds. The van der Waals surface area contributed by atoms with Gasteiger partial charge in [-0.25, -0.2) is 22.0 Å². The summed E-state index contributed by atoms with van der Waals surface area (Å²) in [7, 11) is -4.02. The number of amides is 1. The topological polar surface area (TPSA) is 97.1 Å². The molecule has 1 aromatic heterocycles. The Morgan fingerprint density at radius 3 is 2.28 bits per heavy atom. The molecule has 29 heavy (non-hydrogen) atoms. The number of hydrogen-bond acceptors (Lipinski definition) is 6. The third-order valence-corrected chi connectivity index (χ3v) is 6.06. The Kier molecular flexibility index (Phi) is 5.99. The van der Waals surface area contributed by atoms with Crippen LogP contribution < -0.4 is 0 Å². The molecule has 156 valence electrons. The van der Waals surface area contributed by atoms with Crippen molar-refractivity contribution in [3.05, 3.63) is 53.3 Å². The molecule has 0 atom stereocenters. The highest BCUT2D eigenvalue weighted by atomic mass is 32.2. The lowest BCUT2D eigenvalue weighted by molar-refractivity contribution is 0.0483. The van der Waals surface area contributed by atoms with E-state index in [4.69, 9.17) is 9.15 Å². The maximum Gasteiger partial charge on any atom is 0.374 e. The number of piperazine rings is 1. The highest BCUT2D eigenvalue weighted by molar-refractivity contribution is 7.89. The predicted octanol–water partition coefficient (Wildman–Crippen LogP) is 1.88. The van der Waals surface area contributed by atoms with Gasteiger partial charge >= 0.3 is 5.97 Å². The lowest BCUT2D eigenvalue weighted by atomic mass is 10.1. The summed E-state index contributed by atoms with van der Waals surface area (Å²) < 4.78 is 63.0. The SMILES string of the molecule is CCOC(=O)c1ccc(S(=O)(=O)N2CCN(C(=O)c3cc(F)cc(F)c3)CC2)o1. The Morgan fingerprint density at radius 2 is 1.69 bits per heavy atom. The average Bonchev–Trinajstić information content (AvgIpc) is 3.18. The van der Waals surface area contributed by atoms with E-state index in [0.717, 1.165) is 22.5 Å². The zero-order valence-electron chi connectivity index (χ0n) is 15.4. The molecule has 0 aliphatic carbocycles. The maximum atomic E-state index is 13.3. The summed E-state index contributed by atoms with van der Waals surface area (Å²) in [5.74, 6) is -3.34. The van der Waals surface area contributed by atoms with Crippen LogP contribution in [0.1, 0.15) is 27.8 Å². The molecule has 0 bridgehead atoms. The minimum atomic E-state index is -4.02. The molecule has 1 fully saturated rings. The third-order valence-electron chi connectivity index (χ3n) is 4.29. The van der Waals surface area contributed by atoms with Gasteiger partial charge in [-0.2, -0.15) is 4.31 Å². The van der Waals surface area contributed by atoms with Crippen LogP contribution in [0.3, 0.4) is 0 Å². The molecule has 0 N–H and O–H groups in total. The van der Waals surface area contributed by atoms with E-state index in [0.29, 0.717) is 6.07 Å². The van der Waals surface area contributed by atoms with E-state index in [9.17, 15) is 26.8 Å². The van der Waals surface area contributed by atoms with Gasteiger partial charge in [-0.05, 0) is 31.2 Å². The van der Waals surface area contributed by atoms with Crippen molar-refractivity contribution in [2.45, 2.75) is 12.0 Å². The summed E-state index contributed by atoms with van der Waals surface area (Å²) in [6.45, 7) is 1.70. The fourth-order valence-electron chi connectivity index (χ4n) is 2.89. The number of benzene rings is 1. The second kappa shape index (κ2) is 8.29. The number of carbonyl (C=O) groups excluding carboxylic acids is 2. The number of furan rings is 1. The van der Waals surface area contributed by atoms with Gasteiger partial charge in [-0.15, -0.1) is 0 Å². The number of halogens is 2. The first-order chi connectivity index (χ1) is 13.7. The van der Waals surface area contributed by atoms with Gasteiger partial charge in [-0.1, -0.05) is 0 Å². The number of hydrogen-bond donors (Lipinski definition) is 0. The third kappa shape index (κ3) is 4.46. The number of rotatable bonds is 5. The molecule has 2 aromatic rings. The Hall–Kier alpha value is -2.79. The number of nitrogens with zero attached hydrogens (tertiary/aromatic N) is 2. The van der Waals surface area contributed by atoms with Crippen molar-refractivity contribution in [3.63, 3.8) is 0 Å². The Morgan fingerprint density at radius 1 is 1.07 bits per heavy atom. The zero-order chi connectivity index (χ0) is 21.2. The van der Waals surface area contributed by atoms with Crippen LogP contribution in [-0.4, -0.2) is 62.3 Å². The second-order valence-electron chi connectivity index (χ2n) is 6.19. The van der Waals surface area contributed by atoms with Gasteiger partial charge in [0.1, 0.15) is 11.6 Å². The second-order valence-corrected chi connectivity index (χ2v) is 8.06. The highest BCUT2D eigenvalue weighted by Crippen LogP contribution is 2.21. The smallest absolute Gasteiger partial charge is 0.374 e. The van der Waals surface area contributed by atoms with Gasteiger partial charge in [0, 0.05) is 37.8 Å². The zero-order valence-corrected chi connectivity index (χ0v) is 16.2. The number of sulfonamides is 1. The molecule has 1 saturated heterocycles. The monoisotopic (exact) mass is 428 g/mol. The molecule has 3 rings (SSSR count). The standard InChI is InChI=1S/C18H18F2N2O6S/c1-2-27-18(24)15-3-4-16(28-15)29(25,26)22-7-5-21(6-8-22)17(23)12-9-13(19)11-14(20)10-12/h3-4,9-11H,2,5-8H2,1H3. The van der Waals surface area contributed by atoms with Crippen LogP contribution in [0.15, 0.2) is 39.8 Å². The summed E-state index contributed by atoms with van der Waals surface area (Å²) in [4.78, 5) is 25.4. The van der Waals surface area contributed by atoms with E-state index in [2.05, 4.69) is 0 Å². The van der Waals surface area contributed by atoms with Crippen molar-refractivity contribution in [2.24, 2.45) is 0 Å². The van der Waals surface area contributed by atoms with E-state index >= 15 is 0 Å². The summed E-state index contributed by atoms with van der Waals surface area (Å²) in [5, 5.41) is -0.410. The molecular weight excluding hydrogens is 410 g/mol. The van der Waals surface area contributed by atoms with Crippen molar-refractivity contribution < 1.29 is 35.9 Å². The van der Waals surface area contributed by atoms with Crippen LogP contribution in [0.4, 0.5) is 8.78 Å². The van der Waals surface area contributed by atoms with Crippen LogP contribution in [0.2, 0.25) is 0 Å². The molecule has 1 aliphatic heterocycles. The van der Waals surface area contributed by atoms with Crippen molar-refractivity contribution >= 4 is 21.9 Å². The summed E-state index contributed by atoms with van der Waals surface area (Å²) >= 11 is 0. The van der Waals surface area contributed by atoms with Crippen LogP contribution in [0.5, 0.6) is 0 Å². The fourth-order valence-corrected chi connectivity index (χ4v) is 4.22. The lowest BCUT2D eigenvalue weighted by Crippen LogP contribution is -2.50. The normalized spacial score (nSPS) is 15.3.